The molecule has 0 bridgehead atoms. The van der Waals surface area contributed by atoms with E-state index < -0.39 is 29.6 Å². The molecule has 8 nitrogen and oxygen atoms in total. The van der Waals surface area contributed by atoms with Crippen LogP contribution in [-0.2, 0) is 0 Å². The molecular weight excluding hydrogens is 275 g/mol. The van der Waals surface area contributed by atoms with Crippen LogP contribution in [0.15, 0.2) is 18.2 Å². The van der Waals surface area contributed by atoms with Crippen LogP contribution in [0.2, 0.25) is 0 Å². The van der Waals surface area contributed by atoms with Gasteiger partial charge in [-0.15, -0.1) is 0 Å². The van der Waals surface area contributed by atoms with Crippen molar-refractivity contribution in [3.63, 3.8) is 0 Å². The highest BCUT2D eigenvalue weighted by Crippen LogP contribution is 2.53. The monoisotopic (exact) mass is 289 g/mol. The average molecular weight is 289 g/mol. The van der Waals surface area contributed by atoms with E-state index >= 15 is 0 Å². The number of benzene rings is 1. The molecule has 5 N–H and O–H groups in total. The lowest BCUT2D eigenvalue weighted by molar-refractivity contribution is -0.385. The Morgan fingerprint density at radius 2 is 2.05 bits per heavy atom. The molecule has 0 spiro atoms. The number of nitrogens with zero attached hydrogens (tertiary/aromatic N) is 1. The van der Waals surface area contributed by atoms with E-state index in [4.69, 9.17) is 5.73 Å². The quantitative estimate of drug-likeness (QED) is 0.341. The van der Waals surface area contributed by atoms with Crippen LogP contribution in [0.4, 0.5) is 5.69 Å². The van der Waals surface area contributed by atoms with E-state index in [2.05, 4.69) is 0 Å². The van der Waals surface area contributed by atoms with Gasteiger partial charge in [0.15, 0.2) is 5.75 Å². The van der Waals surface area contributed by atoms with Crippen molar-refractivity contribution in [2.75, 3.05) is 12.7 Å². The fourth-order valence-corrected chi connectivity index (χ4v) is 2.80. The van der Waals surface area contributed by atoms with Gasteiger partial charge in [-0.05, 0) is 25.1 Å². The molecule has 1 aromatic carbocycles. The lowest BCUT2D eigenvalue weighted by Crippen LogP contribution is -2.13. The zero-order valence-electron chi connectivity index (χ0n) is 9.89. The van der Waals surface area contributed by atoms with Gasteiger partial charge in [0.1, 0.15) is 6.16 Å². The first kappa shape index (κ1) is 15.5. The van der Waals surface area contributed by atoms with Gasteiger partial charge in [0.05, 0.1) is 10.5 Å². The number of rotatable bonds is 6. The van der Waals surface area contributed by atoms with E-state index in [1.807, 2.05) is 0 Å². The molecule has 104 valence electrons. The third-order valence-corrected chi connectivity index (χ3v) is 4.27. The summed E-state index contributed by atoms with van der Waals surface area (Å²) in [6, 6.07) is 2.89. The Morgan fingerprint density at radius 3 is 2.58 bits per heavy atom. The fraction of sp³-hybridized carbons (Fsp3) is 0.300. The number of aromatic hydroxyl groups is 1. The van der Waals surface area contributed by atoms with Crippen LogP contribution in [0.3, 0.4) is 0 Å². The molecule has 0 saturated carbocycles. The summed E-state index contributed by atoms with van der Waals surface area (Å²) in [4.78, 5) is 41.0. The van der Waals surface area contributed by atoms with Gasteiger partial charge < -0.3 is 10.8 Å². The standard InChI is InChI=1S/C10H13N2O6P/c11-4-1-5-19(17,18)10(14)7-2-3-9(13)8(6-7)12(15)16/h2-3,6,17-18H,1,4-5,11H2/p+1. The van der Waals surface area contributed by atoms with Crippen molar-refractivity contribution in [3.05, 3.63) is 33.9 Å². The van der Waals surface area contributed by atoms with Gasteiger partial charge in [0.25, 0.3) is 0 Å². The minimum Gasteiger partial charge on any atom is -0.502 e. The molecule has 0 heterocycles. The SMILES string of the molecule is NCCC[P+](O)(O)C(=O)c1ccc(O)c([N+](=O)[O-])c1. The van der Waals surface area contributed by atoms with Gasteiger partial charge in [0.2, 0.25) is 0 Å². The number of phenols is 1. The fourth-order valence-electron chi connectivity index (χ4n) is 1.42. The van der Waals surface area contributed by atoms with Gasteiger partial charge in [-0.2, -0.15) is 0 Å². The first-order chi connectivity index (χ1) is 8.79. The molecule has 0 amide bonds. The minimum absolute atomic E-state index is 0.170. The Hall–Kier alpha value is -1.60. The number of hydrogen-bond acceptors (Lipinski definition) is 7. The lowest BCUT2D eigenvalue weighted by Gasteiger charge is -2.10. The van der Waals surface area contributed by atoms with E-state index in [1.54, 1.807) is 0 Å². The molecular formula is C10H14N2O6P+. The third-order valence-electron chi connectivity index (χ3n) is 2.42. The normalized spacial score (nSPS) is 11.3. The zero-order valence-corrected chi connectivity index (χ0v) is 10.8. The first-order valence-corrected chi connectivity index (χ1v) is 7.23. The number of hydrogen-bond donors (Lipinski definition) is 4. The van der Waals surface area contributed by atoms with E-state index in [-0.39, 0.29) is 24.7 Å². The van der Waals surface area contributed by atoms with Crippen LogP contribution in [0.5, 0.6) is 5.75 Å². The van der Waals surface area contributed by atoms with Crippen LogP contribution in [0, 0.1) is 10.1 Å². The number of nitro groups is 1. The Labute approximate surface area is 109 Å². The number of carbonyl (C=O) groups excluding carboxylic acids is 1. The highest BCUT2D eigenvalue weighted by molar-refractivity contribution is 7.81. The summed E-state index contributed by atoms with van der Waals surface area (Å²) in [5, 5.41) is 19.9. The van der Waals surface area contributed by atoms with Crippen molar-refractivity contribution in [1.29, 1.82) is 0 Å². The third kappa shape index (κ3) is 3.68. The number of phenolic OH excluding ortho intramolecular Hbond substituents is 1. The van der Waals surface area contributed by atoms with Crippen LogP contribution in [0.25, 0.3) is 0 Å². The number of nitrogens with two attached hydrogens (primary N) is 1. The molecule has 0 aliphatic heterocycles. The molecule has 19 heavy (non-hydrogen) atoms. The van der Waals surface area contributed by atoms with Crippen LogP contribution >= 0.6 is 7.72 Å². The number of carbonyl (C=O) groups is 1. The molecule has 1 rings (SSSR count). The summed E-state index contributed by atoms with van der Waals surface area (Å²) in [5.74, 6) is -0.594. The number of nitro benzene ring substituents is 1. The molecule has 0 aliphatic rings. The molecule has 0 aromatic heterocycles. The maximum absolute atomic E-state index is 11.9. The molecule has 0 saturated heterocycles. The summed E-state index contributed by atoms with van der Waals surface area (Å²) in [6.45, 7) is 0.200. The second-order valence-corrected chi connectivity index (χ2v) is 6.18. The summed E-state index contributed by atoms with van der Waals surface area (Å²) >= 11 is 0. The van der Waals surface area contributed by atoms with Gasteiger partial charge in [-0.3, -0.25) is 10.1 Å². The topological polar surface area (TPSA) is 147 Å². The first-order valence-electron chi connectivity index (χ1n) is 5.35. The zero-order chi connectivity index (χ0) is 14.6. The molecule has 9 heteroatoms. The van der Waals surface area contributed by atoms with Crippen molar-refractivity contribution >= 4 is 18.9 Å². The summed E-state index contributed by atoms with van der Waals surface area (Å²) in [7, 11) is -3.86. The van der Waals surface area contributed by atoms with E-state index in [9.17, 15) is 29.8 Å². The van der Waals surface area contributed by atoms with Crippen LogP contribution < -0.4 is 5.73 Å². The second kappa shape index (κ2) is 6.03. The van der Waals surface area contributed by atoms with Gasteiger partial charge in [-0.1, -0.05) is 0 Å². The van der Waals surface area contributed by atoms with E-state index in [1.165, 1.54) is 0 Å². The predicted molar refractivity (Wildman–Crippen MR) is 69.0 cm³/mol. The van der Waals surface area contributed by atoms with Gasteiger partial charge in [-0.25, -0.2) is 14.6 Å². The molecule has 1 aromatic rings. The molecule has 0 unspecified atom stereocenters. The van der Waals surface area contributed by atoms with Crippen molar-refractivity contribution in [2.24, 2.45) is 5.73 Å². The molecule has 0 fully saturated rings. The Morgan fingerprint density at radius 1 is 1.42 bits per heavy atom. The summed E-state index contributed by atoms with van der Waals surface area (Å²) in [6.07, 6.45) is 0.0870. The molecule has 0 radical (unpaired) electrons. The lowest BCUT2D eigenvalue weighted by atomic mass is 10.2. The highest BCUT2D eigenvalue weighted by Gasteiger charge is 2.44. The van der Waals surface area contributed by atoms with Crippen molar-refractivity contribution in [1.82, 2.24) is 0 Å². The Bertz CT molecular complexity index is 505. The minimum atomic E-state index is -3.86. The van der Waals surface area contributed by atoms with E-state index in [0.717, 1.165) is 18.2 Å². The highest BCUT2D eigenvalue weighted by atomic mass is 31.2. The maximum atomic E-state index is 11.9. The second-order valence-electron chi connectivity index (χ2n) is 3.86. The van der Waals surface area contributed by atoms with Crippen molar-refractivity contribution in [3.8, 4) is 5.75 Å². The van der Waals surface area contributed by atoms with Crippen molar-refractivity contribution in [2.45, 2.75) is 6.42 Å². The van der Waals surface area contributed by atoms with Crippen molar-refractivity contribution < 1.29 is 24.6 Å². The van der Waals surface area contributed by atoms with E-state index in [0.29, 0.717) is 0 Å². The Kier molecular flexibility index (Phi) is 4.90. The summed E-state index contributed by atoms with van der Waals surface area (Å²) in [5.41, 5.74) is 3.37. The van der Waals surface area contributed by atoms with Crippen LogP contribution in [0.1, 0.15) is 16.8 Å². The molecule has 0 atom stereocenters. The predicted octanol–water partition coefficient (Wildman–Crippen LogP) is 0.622. The van der Waals surface area contributed by atoms with Gasteiger partial charge in [0, 0.05) is 6.07 Å². The largest absolute Gasteiger partial charge is 0.502 e. The average Bonchev–Trinajstić information content (AvgIpc) is 2.35. The summed E-state index contributed by atoms with van der Waals surface area (Å²) < 4.78 is 0. The maximum Gasteiger partial charge on any atom is 0.357 e. The Balaban J connectivity index is 3.06. The molecule has 0 aliphatic carbocycles. The smallest absolute Gasteiger partial charge is 0.357 e. The van der Waals surface area contributed by atoms with Gasteiger partial charge >= 0.3 is 18.9 Å². The van der Waals surface area contributed by atoms with Crippen LogP contribution in [-0.4, -0.2) is 38.0 Å².